The lowest BCUT2D eigenvalue weighted by Crippen LogP contribution is -2.29. The average molecular weight is 479 g/mol. The Bertz CT molecular complexity index is 1030. The molecule has 2 N–H and O–H groups in total. The van der Waals surface area contributed by atoms with Gasteiger partial charge in [-0.25, -0.2) is 13.6 Å². The second kappa shape index (κ2) is 9.45. The van der Waals surface area contributed by atoms with Crippen molar-refractivity contribution in [3.63, 3.8) is 0 Å². The quantitative estimate of drug-likeness (QED) is 0.615. The summed E-state index contributed by atoms with van der Waals surface area (Å²) in [6.07, 6.45) is 3.05. The van der Waals surface area contributed by atoms with Gasteiger partial charge in [-0.15, -0.1) is 11.3 Å². The zero-order valence-electron chi connectivity index (χ0n) is 18.9. The van der Waals surface area contributed by atoms with E-state index in [1.54, 1.807) is 11.4 Å². The molecule has 2 atom stereocenters. The second-order valence-electron chi connectivity index (χ2n) is 9.41. The van der Waals surface area contributed by atoms with Gasteiger partial charge in [-0.1, -0.05) is 26.8 Å². The molecule has 1 saturated heterocycles. The molecule has 3 rings (SSSR count). The molecule has 0 saturated carbocycles. The largest absolute Gasteiger partial charge is 0.414 e. The number of hydrogen-bond donors (Lipinski definition) is 1. The molecule has 5 nitrogen and oxygen atoms in total. The van der Waals surface area contributed by atoms with Crippen LogP contribution < -0.4 is 5.14 Å². The highest BCUT2D eigenvalue weighted by Gasteiger charge is 2.33. The van der Waals surface area contributed by atoms with Gasteiger partial charge >= 0.3 is 0 Å². The molecule has 2 heterocycles. The van der Waals surface area contributed by atoms with Crippen LogP contribution in [0.2, 0.25) is 0 Å². The summed E-state index contributed by atoms with van der Waals surface area (Å²) in [5, 5.41) is 7.03. The fourth-order valence-corrected chi connectivity index (χ4v) is 7.09. The standard InChI is InChI=1S/C23H32NO4S2Si/c1-14-10-17(18(12-28-31)15(2)22(14)23(3,4)5)21(19-8-6-7-9-27-19)20-11-16(13-29-20)30(24,25)26/h10-11,13,19,21H,6-9,12H2,1-5H3,(H2,24,25,26). The number of benzene rings is 1. The van der Waals surface area contributed by atoms with Gasteiger partial charge in [0, 0.05) is 22.8 Å². The van der Waals surface area contributed by atoms with Gasteiger partial charge in [0.15, 0.2) is 0 Å². The molecular weight excluding hydrogens is 446 g/mol. The number of sulfonamides is 1. The van der Waals surface area contributed by atoms with Crippen molar-refractivity contribution >= 4 is 31.8 Å². The Hall–Kier alpha value is -1.03. The molecule has 2 aromatic rings. The predicted octanol–water partition coefficient (Wildman–Crippen LogP) is 4.61. The van der Waals surface area contributed by atoms with Crippen molar-refractivity contribution in [3.05, 3.63) is 50.2 Å². The Morgan fingerprint density at radius 2 is 2.00 bits per heavy atom. The van der Waals surface area contributed by atoms with E-state index < -0.39 is 10.0 Å². The minimum Gasteiger partial charge on any atom is -0.414 e. The molecule has 8 heteroatoms. The van der Waals surface area contributed by atoms with Gasteiger partial charge in [-0.3, -0.25) is 0 Å². The molecule has 2 unspecified atom stereocenters. The number of rotatable bonds is 6. The van der Waals surface area contributed by atoms with Crippen LogP contribution in [0.1, 0.15) is 78.6 Å². The van der Waals surface area contributed by atoms with E-state index in [0.717, 1.165) is 41.9 Å². The zero-order valence-corrected chi connectivity index (χ0v) is 21.6. The SMILES string of the molecule is Cc1cc(C(c2cc(S(N)(=O)=O)cs2)C2CCCCO2)c(CO[Si])c(C)c1C(C)(C)C. The maximum Gasteiger partial charge on any atom is 0.246 e. The maximum absolute atomic E-state index is 11.9. The third-order valence-corrected chi connectivity index (χ3v) is 8.26. The van der Waals surface area contributed by atoms with Crippen molar-refractivity contribution in [2.75, 3.05) is 6.61 Å². The number of nitrogens with two attached hydrogens (primary N) is 1. The second-order valence-corrected chi connectivity index (χ2v) is 12.2. The number of ether oxygens (including phenoxy) is 1. The van der Waals surface area contributed by atoms with Crippen LogP contribution in [0.25, 0.3) is 0 Å². The third-order valence-electron chi connectivity index (χ3n) is 6.06. The van der Waals surface area contributed by atoms with Crippen molar-refractivity contribution in [2.45, 2.75) is 82.8 Å². The highest BCUT2D eigenvalue weighted by Crippen LogP contribution is 2.43. The summed E-state index contributed by atoms with van der Waals surface area (Å²) in [6.45, 7) is 12.1. The van der Waals surface area contributed by atoms with Crippen LogP contribution in [0.4, 0.5) is 0 Å². The lowest BCUT2D eigenvalue weighted by molar-refractivity contribution is 0.00666. The minimum absolute atomic E-state index is 0.00620. The van der Waals surface area contributed by atoms with Crippen molar-refractivity contribution in [3.8, 4) is 0 Å². The van der Waals surface area contributed by atoms with Crippen LogP contribution in [0, 0.1) is 13.8 Å². The fourth-order valence-electron chi connectivity index (χ4n) is 4.96. The van der Waals surface area contributed by atoms with Crippen molar-refractivity contribution in [1.29, 1.82) is 0 Å². The van der Waals surface area contributed by atoms with Crippen molar-refractivity contribution < 1.29 is 17.6 Å². The first-order valence-electron chi connectivity index (χ1n) is 10.6. The molecule has 0 amide bonds. The Morgan fingerprint density at radius 1 is 1.29 bits per heavy atom. The van der Waals surface area contributed by atoms with Crippen LogP contribution in [0.15, 0.2) is 22.4 Å². The average Bonchev–Trinajstić information content (AvgIpc) is 3.15. The van der Waals surface area contributed by atoms with Gasteiger partial charge in [-0.2, -0.15) is 0 Å². The third kappa shape index (κ3) is 5.31. The van der Waals surface area contributed by atoms with E-state index in [1.165, 1.54) is 28.0 Å². The Kier molecular flexibility index (Phi) is 7.50. The molecule has 0 bridgehead atoms. The van der Waals surface area contributed by atoms with Gasteiger partial charge in [-0.05, 0) is 72.4 Å². The lowest BCUT2D eigenvalue weighted by Gasteiger charge is -2.34. The van der Waals surface area contributed by atoms with E-state index in [1.807, 2.05) is 0 Å². The van der Waals surface area contributed by atoms with Gasteiger partial charge in [0.25, 0.3) is 0 Å². The Morgan fingerprint density at radius 3 is 2.52 bits per heavy atom. The van der Waals surface area contributed by atoms with E-state index in [-0.39, 0.29) is 22.3 Å². The van der Waals surface area contributed by atoms with Crippen LogP contribution in [0.5, 0.6) is 0 Å². The molecule has 1 aromatic carbocycles. The zero-order chi connectivity index (χ0) is 23.0. The van der Waals surface area contributed by atoms with Crippen LogP contribution in [0.3, 0.4) is 0 Å². The van der Waals surface area contributed by atoms with Crippen LogP contribution in [-0.2, 0) is 31.2 Å². The highest BCUT2D eigenvalue weighted by molar-refractivity contribution is 7.89. The molecule has 1 fully saturated rings. The molecule has 1 aliphatic heterocycles. The molecule has 0 aliphatic carbocycles. The summed E-state index contributed by atoms with van der Waals surface area (Å²) in [4.78, 5) is 1.11. The lowest BCUT2D eigenvalue weighted by atomic mass is 9.75. The van der Waals surface area contributed by atoms with Gasteiger partial charge in [0.1, 0.15) is 0 Å². The predicted molar refractivity (Wildman–Crippen MR) is 126 cm³/mol. The fraction of sp³-hybridized carbons (Fsp3) is 0.565. The summed E-state index contributed by atoms with van der Waals surface area (Å²) in [7, 11) is -0.546. The van der Waals surface area contributed by atoms with Crippen molar-refractivity contribution in [2.24, 2.45) is 5.14 Å². The summed E-state index contributed by atoms with van der Waals surface area (Å²) in [5.41, 5.74) is 6.00. The van der Waals surface area contributed by atoms with E-state index in [4.69, 9.17) is 14.3 Å². The summed E-state index contributed by atoms with van der Waals surface area (Å²) in [6, 6.07) is 3.95. The van der Waals surface area contributed by atoms with E-state index in [9.17, 15) is 8.42 Å². The maximum atomic E-state index is 11.9. The normalized spacial score (nSPS) is 18.9. The van der Waals surface area contributed by atoms with Crippen LogP contribution in [-0.4, -0.2) is 31.6 Å². The molecule has 1 aliphatic rings. The monoisotopic (exact) mass is 478 g/mol. The Balaban J connectivity index is 2.24. The first-order chi connectivity index (χ1) is 14.4. The molecule has 169 valence electrons. The van der Waals surface area contributed by atoms with Crippen LogP contribution >= 0.6 is 11.3 Å². The summed E-state index contributed by atoms with van der Waals surface area (Å²) in [5.74, 6) is -0.0796. The molecule has 3 radical (unpaired) electrons. The first kappa shape index (κ1) is 24.6. The molecular formula is C23H32NO4S2Si. The summed E-state index contributed by atoms with van der Waals surface area (Å²) < 4.78 is 35.6. The van der Waals surface area contributed by atoms with Gasteiger partial charge in [0.2, 0.25) is 20.5 Å². The number of aryl methyl sites for hydroxylation is 1. The summed E-state index contributed by atoms with van der Waals surface area (Å²) >= 11 is 1.43. The highest BCUT2D eigenvalue weighted by atomic mass is 32.2. The van der Waals surface area contributed by atoms with E-state index >= 15 is 0 Å². The van der Waals surface area contributed by atoms with E-state index in [0.29, 0.717) is 6.61 Å². The van der Waals surface area contributed by atoms with Gasteiger partial charge < -0.3 is 9.16 Å². The number of hydrogen-bond acceptors (Lipinski definition) is 5. The molecule has 31 heavy (non-hydrogen) atoms. The minimum atomic E-state index is -3.75. The molecule has 1 aromatic heterocycles. The topological polar surface area (TPSA) is 78.6 Å². The smallest absolute Gasteiger partial charge is 0.246 e. The number of primary sulfonamides is 1. The van der Waals surface area contributed by atoms with E-state index in [2.05, 4.69) is 51.2 Å². The van der Waals surface area contributed by atoms with Gasteiger partial charge in [0.05, 0.1) is 17.6 Å². The first-order valence-corrected chi connectivity index (χ1v) is 13.4. The van der Waals surface area contributed by atoms with Crippen molar-refractivity contribution in [1.82, 2.24) is 0 Å². The molecule has 0 spiro atoms. The number of thiophene rings is 1. The Labute approximate surface area is 193 Å².